The van der Waals surface area contributed by atoms with Crippen molar-refractivity contribution in [1.29, 1.82) is 0 Å². The highest BCUT2D eigenvalue weighted by Crippen LogP contribution is 2.21. The molecule has 1 amide bonds. The van der Waals surface area contributed by atoms with Crippen molar-refractivity contribution in [2.75, 3.05) is 6.61 Å². The summed E-state index contributed by atoms with van der Waals surface area (Å²) in [5.41, 5.74) is 0.983. The Labute approximate surface area is 104 Å². The lowest BCUT2D eigenvalue weighted by Gasteiger charge is -2.23. The maximum Gasteiger partial charge on any atom is 0.252 e. The first kappa shape index (κ1) is 13.2. The molecule has 0 radical (unpaired) electrons. The molecular weight excluding hydrogens is 270 g/mol. The first-order valence-electron chi connectivity index (χ1n) is 5.06. The van der Waals surface area contributed by atoms with Gasteiger partial charge in [0.2, 0.25) is 0 Å². The van der Waals surface area contributed by atoms with Crippen LogP contribution >= 0.6 is 15.9 Å². The highest BCUT2D eigenvalue weighted by atomic mass is 79.9. The molecule has 0 aliphatic rings. The molecule has 0 unspecified atom stereocenters. The Morgan fingerprint density at radius 2 is 2.12 bits per heavy atom. The van der Waals surface area contributed by atoms with E-state index < -0.39 is 5.54 Å². The van der Waals surface area contributed by atoms with Crippen LogP contribution in [0.2, 0.25) is 0 Å². The Hall–Kier alpha value is -0.870. The molecule has 0 bridgehead atoms. The maximum atomic E-state index is 11.9. The molecule has 4 heteroatoms. The fraction of sp³-hybridized carbons (Fsp3) is 0.417. The zero-order valence-electron chi connectivity index (χ0n) is 9.67. The normalized spacial score (nSPS) is 11.3. The van der Waals surface area contributed by atoms with Crippen LogP contribution in [0.4, 0.5) is 0 Å². The predicted octanol–water partition coefficient (Wildman–Crippen LogP) is 2.26. The van der Waals surface area contributed by atoms with Gasteiger partial charge < -0.3 is 10.4 Å². The van der Waals surface area contributed by atoms with Crippen molar-refractivity contribution in [2.24, 2.45) is 0 Å². The van der Waals surface area contributed by atoms with Gasteiger partial charge >= 0.3 is 0 Å². The number of nitrogens with one attached hydrogen (secondary N) is 1. The summed E-state index contributed by atoms with van der Waals surface area (Å²) >= 11 is 3.39. The molecular formula is C12H16BrNO2. The second-order valence-corrected chi connectivity index (χ2v) is 5.23. The summed E-state index contributed by atoms with van der Waals surface area (Å²) in [5, 5.41) is 11.9. The number of aliphatic hydroxyl groups excluding tert-OH is 1. The third-order valence-electron chi connectivity index (χ3n) is 2.28. The number of halogens is 1. The fourth-order valence-corrected chi connectivity index (χ4v) is 1.68. The van der Waals surface area contributed by atoms with E-state index in [1.165, 1.54) is 0 Å². The number of amides is 1. The topological polar surface area (TPSA) is 49.3 Å². The van der Waals surface area contributed by atoms with Crippen LogP contribution in [0.25, 0.3) is 0 Å². The average molecular weight is 286 g/mol. The van der Waals surface area contributed by atoms with E-state index in [0.29, 0.717) is 5.56 Å². The van der Waals surface area contributed by atoms with Crippen LogP contribution in [0.3, 0.4) is 0 Å². The minimum Gasteiger partial charge on any atom is -0.394 e. The minimum absolute atomic E-state index is 0.0951. The van der Waals surface area contributed by atoms with Gasteiger partial charge in [0, 0.05) is 4.47 Å². The van der Waals surface area contributed by atoms with E-state index in [0.717, 1.165) is 10.0 Å². The zero-order valence-corrected chi connectivity index (χ0v) is 11.3. The van der Waals surface area contributed by atoms with Crippen LogP contribution in [0.15, 0.2) is 22.7 Å². The quantitative estimate of drug-likeness (QED) is 0.895. The van der Waals surface area contributed by atoms with Gasteiger partial charge in [-0.3, -0.25) is 4.79 Å². The molecule has 0 aliphatic heterocycles. The molecule has 0 aliphatic carbocycles. The molecule has 0 saturated carbocycles. The molecule has 0 saturated heterocycles. The third-order valence-corrected chi connectivity index (χ3v) is 3.34. The molecule has 0 fully saturated rings. The van der Waals surface area contributed by atoms with Crippen molar-refractivity contribution < 1.29 is 9.90 Å². The number of aryl methyl sites for hydroxylation is 1. The second-order valence-electron chi connectivity index (χ2n) is 4.43. The number of hydrogen-bond acceptors (Lipinski definition) is 2. The SMILES string of the molecule is Cc1cccc(C(=O)NC(C)(C)CO)c1Br. The number of carbonyl (C=O) groups excluding carboxylic acids is 1. The Kier molecular flexibility index (Phi) is 4.10. The van der Waals surface area contributed by atoms with Gasteiger partial charge in [-0.25, -0.2) is 0 Å². The van der Waals surface area contributed by atoms with Gasteiger partial charge in [-0.15, -0.1) is 0 Å². The molecule has 1 aromatic carbocycles. The molecule has 16 heavy (non-hydrogen) atoms. The lowest BCUT2D eigenvalue weighted by atomic mass is 10.1. The standard InChI is InChI=1S/C12H16BrNO2/c1-8-5-4-6-9(10(8)13)11(16)14-12(2,3)7-15/h4-6,15H,7H2,1-3H3,(H,14,16). The second kappa shape index (κ2) is 4.97. The monoisotopic (exact) mass is 285 g/mol. The van der Waals surface area contributed by atoms with Gasteiger partial charge in [-0.2, -0.15) is 0 Å². The molecule has 3 nitrogen and oxygen atoms in total. The minimum atomic E-state index is -0.611. The van der Waals surface area contributed by atoms with E-state index in [1.807, 2.05) is 19.1 Å². The van der Waals surface area contributed by atoms with Crippen LogP contribution in [0.5, 0.6) is 0 Å². The van der Waals surface area contributed by atoms with E-state index in [1.54, 1.807) is 19.9 Å². The molecule has 2 N–H and O–H groups in total. The van der Waals surface area contributed by atoms with Crippen LogP contribution in [-0.4, -0.2) is 23.2 Å². The predicted molar refractivity (Wildman–Crippen MR) is 67.5 cm³/mol. The molecule has 0 spiro atoms. The Morgan fingerprint density at radius 3 is 2.69 bits per heavy atom. The summed E-state index contributed by atoms with van der Waals surface area (Å²) < 4.78 is 0.793. The van der Waals surface area contributed by atoms with Crippen LogP contribution in [-0.2, 0) is 0 Å². The van der Waals surface area contributed by atoms with Gasteiger partial charge in [0.1, 0.15) is 0 Å². The number of carbonyl (C=O) groups is 1. The van der Waals surface area contributed by atoms with E-state index in [9.17, 15) is 4.79 Å². The van der Waals surface area contributed by atoms with Crippen molar-refractivity contribution in [1.82, 2.24) is 5.32 Å². The van der Waals surface area contributed by atoms with Crippen molar-refractivity contribution in [3.63, 3.8) is 0 Å². The summed E-state index contributed by atoms with van der Waals surface area (Å²) in [6, 6.07) is 5.51. The van der Waals surface area contributed by atoms with Crippen molar-refractivity contribution in [3.8, 4) is 0 Å². The lowest BCUT2D eigenvalue weighted by Crippen LogP contribution is -2.46. The van der Waals surface area contributed by atoms with Gasteiger partial charge in [0.25, 0.3) is 5.91 Å². The number of aliphatic hydroxyl groups is 1. The van der Waals surface area contributed by atoms with Crippen LogP contribution in [0, 0.1) is 6.92 Å². The van der Waals surface area contributed by atoms with Gasteiger partial charge in [-0.05, 0) is 48.3 Å². The lowest BCUT2D eigenvalue weighted by molar-refractivity contribution is 0.0868. The van der Waals surface area contributed by atoms with Crippen molar-refractivity contribution >= 4 is 21.8 Å². The fourth-order valence-electron chi connectivity index (χ4n) is 1.24. The van der Waals surface area contributed by atoms with Gasteiger partial charge in [0.15, 0.2) is 0 Å². The maximum absolute atomic E-state index is 11.9. The summed E-state index contributed by atoms with van der Waals surface area (Å²) in [7, 11) is 0. The number of rotatable bonds is 3. The largest absolute Gasteiger partial charge is 0.394 e. The van der Waals surface area contributed by atoms with E-state index in [-0.39, 0.29) is 12.5 Å². The molecule has 0 atom stereocenters. The first-order valence-corrected chi connectivity index (χ1v) is 5.85. The third kappa shape index (κ3) is 3.06. The van der Waals surface area contributed by atoms with Crippen LogP contribution in [0.1, 0.15) is 29.8 Å². The van der Waals surface area contributed by atoms with E-state index in [4.69, 9.17) is 5.11 Å². The number of benzene rings is 1. The van der Waals surface area contributed by atoms with Crippen molar-refractivity contribution in [2.45, 2.75) is 26.3 Å². The molecule has 1 rings (SSSR count). The molecule has 0 heterocycles. The highest BCUT2D eigenvalue weighted by Gasteiger charge is 2.21. The van der Waals surface area contributed by atoms with Crippen molar-refractivity contribution in [3.05, 3.63) is 33.8 Å². The summed E-state index contributed by atoms with van der Waals surface area (Å²) in [5.74, 6) is -0.186. The van der Waals surface area contributed by atoms with Crippen LogP contribution < -0.4 is 5.32 Å². The molecule has 0 aromatic heterocycles. The van der Waals surface area contributed by atoms with Gasteiger partial charge in [-0.1, -0.05) is 12.1 Å². The van der Waals surface area contributed by atoms with E-state index >= 15 is 0 Å². The summed E-state index contributed by atoms with van der Waals surface area (Å²) in [4.78, 5) is 11.9. The zero-order chi connectivity index (χ0) is 12.3. The Balaban J connectivity index is 2.94. The Morgan fingerprint density at radius 1 is 1.50 bits per heavy atom. The smallest absolute Gasteiger partial charge is 0.252 e. The first-order chi connectivity index (χ1) is 7.37. The highest BCUT2D eigenvalue weighted by molar-refractivity contribution is 9.10. The summed E-state index contributed by atoms with van der Waals surface area (Å²) in [6.45, 7) is 5.38. The number of hydrogen-bond donors (Lipinski definition) is 2. The van der Waals surface area contributed by atoms with E-state index in [2.05, 4.69) is 21.2 Å². The molecule has 88 valence electrons. The Bertz CT molecular complexity index is 402. The van der Waals surface area contributed by atoms with Gasteiger partial charge in [0.05, 0.1) is 17.7 Å². The summed E-state index contributed by atoms with van der Waals surface area (Å²) in [6.07, 6.45) is 0. The average Bonchev–Trinajstić information content (AvgIpc) is 2.21. The molecule has 1 aromatic rings.